The fourth-order valence-electron chi connectivity index (χ4n) is 0.996. The lowest BCUT2D eigenvalue weighted by Gasteiger charge is -2.18. The van der Waals surface area contributed by atoms with E-state index in [9.17, 15) is 13.5 Å². The molecule has 0 bridgehead atoms. The zero-order valence-electron chi connectivity index (χ0n) is 9.44. The van der Waals surface area contributed by atoms with Crippen molar-refractivity contribution in [1.29, 1.82) is 0 Å². The number of anilines is 1. The fourth-order valence-corrected chi connectivity index (χ4v) is 2.79. The van der Waals surface area contributed by atoms with Gasteiger partial charge in [-0.2, -0.15) is 0 Å². The Hall–Kier alpha value is -0.700. The number of nitrogens with one attached hydrogen (secondary N) is 1. The van der Waals surface area contributed by atoms with Gasteiger partial charge < -0.3 is 10.8 Å². The zero-order chi connectivity index (χ0) is 13.3. The summed E-state index contributed by atoms with van der Waals surface area (Å²) in [7, 11) is -3.77. The van der Waals surface area contributed by atoms with Crippen molar-refractivity contribution >= 4 is 31.8 Å². The molecule has 0 fully saturated rings. The molecule has 0 saturated heterocycles. The molecule has 1 heterocycles. The average molecular weight is 324 g/mol. The number of nitrogens with two attached hydrogens (primary N) is 1. The predicted octanol–water partition coefficient (Wildman–Crippen LogP) is 0.475. The highest BCUT2D eigenvalue weighted by Gasteiger charge is 2.22. The maximum atomic E-state index is 11.9. The Morgan fingerprint density at radius 1 is 1.59 bits per heavy atom. The molecule has 4 N–H and O–H groups in total. The van der Waals surface area contributed by atoms with Crippen LogP contribution >= 0.6 is 15.9 Å². The number of pyridine rings is 1. The van der Waals surface area contributed by atoms with Crippen molar-refractivity contribution in [3.05, 3.63) is 16.7 Å². The van der Waals surface area contributed by atoms with Gasteiger partial charge in [0.05, 0.1) is 5.60 Å². The van der Waals surface area contributed by atoms with E-state index in [-0.39, 0.29) is 17.3 Å². The van der Waals surface area contributed by atoms with Gasteiger partial charge in [0.2, 0.25) is 10.0 Å². The summed E-state index contributed by atoms with van der Waals surface area (Å²) in [4.78, 5) is 3.62. The molecule has 0 atom stereocenters. The van der Waals surface area contributed by atoms with E-state index in [1.54, 1.807) is 0 Å². The lowest BCUT2D eigenvalue weighted by atomic mass is 10.1. The molecule has 0 radical (unpaired) electrons. The number of sulfonamides is 1. The number of nitrogens with zero attached hydrogens (tertiary/aromatic N) is 1. The lowest BCUT2D eigenvalue weighted by molar-refractivity contribution is 0.0857. The van der Waals surface area contributed by atoms with Crippen LogP contribution in [0.15, 0.2) is 21.6 Å². The number of hydrogen-bond donors (Lipinski definition) is 3. The monoisotopic (exact) mass is 323 g/mol. The molecule has 0 unspecified atom stereocenters. The molecule has 6 nitrogen and oxygen atoms in total. The minimum absolute atomic E-state index is 0.0866. The SMILES string of the molecule is CC(C)(O)CNS(=O)(=O)c1cc(Br)cnc1N. The first-order valence-corrected chi connectivity index (χ1v) is 7.02. The summed E-state index contributed by atoms with van der Waals surface area (Å²) in [5.74, 6) is -0.0866. The minimum atomic E-state index is -3.77. The maximum absolute atomic E-state index is 11.9. The Balaban J connectivity index is 3.02. The molecule has 0 aliphatic carbocycles. The van der Waals surface area contributed by atoms with Crippen molar-refractivity contribution in [2.75, 3.05) is 12.3 Å². The molecular formula is C9H14BrN3O3S. The molecule has 0 amide bonds. The normalized spacial score (nSPS) is 12.7. The number of aromatic nitrogens is 1. The highest BCUT2D eigenvalue weighted by molar-refractivity contribution is 9.10. The lowest BCUT2D eigenvalue weighted by Crippen LogP contribution is -2.38. The van der Waals surface area contributed by atoms with Gasteiger partial charge >= 0.3 is 0 Å². The van der Waals surface area contributed by atoms with E-state index in [0.29, 0.717) is 4.47 Å². The Morgan fingerprint density at radius 2 is 2.18 bits per heavy atom. The number of hydrogen-bond acceptors (Lipinski definition) is 5. The van der Waals surface area contributed by atoms with Gasteiger partial charge in [-0.05, 0) is 35.8 Å². The standard InChI is InChI=1S/C9H14BrN3O3S/c1-9(2,14)5-13-17(15,16)7-3-6(10)4-12-8(7)11/h3-4,13-14H,5H2,1-2H3,(H2,11,12). The first-order chi connectivity index (χ1) is 7.62. The number of nitrogen functional groups attached to an aromatic ring is 1. The summed E-state index contributed by atoms with van der Waals surface area (Å²) in [5, 5.41) is 9.47. The van der Waals surface area contributed by atoms with Gasteiger partial charge in [-0.3, -0.25) is 0 Å². The van der Waals surface area contributed by atoms with E-state index in [4.69, 9.17) is 5.73 Å². The summed E-state index contributed by atoms with van der Waals surface area (Å²) in [5.41, 5.74) is 4.36. The van der Waals surface area contributed by atoms with Crippen LogP contribution in [0.3, 0.4) is 0 Å². The Bertz CT molecular complexity index is 511. The van der Waals surface area contributed by atoms with Crippen LogP contribution in [0.1, 0.15) is 13.8 Å². The van der Waals surface area contributed by atoms with Crippen molar-refractivity contribution in [3.63, 3.8) is 0 Å². The van der Waals surface area contributed by atoms with Gasteiger partial charge in [-0.15, -0.1) is 0 Å². The summed E-state index contributed by atoms with van der Waals surface area (Å²) >= 11 is 3.12. The van der Waals surface area contributed by atoms with E-state index < -0.39 is 15.6 Å². The largest absolute Gasteiger partial charge is 0.389 e. The maximum Gasteiger partial charge on any atom is 0.244 e. The smallest absolute Gasteiger partial charge is 0.244 e. The summed E-state index contributed by atoms with van der Waals surface area (Å²) < 4.78 is 26.6. The predicted molar refractivity (Wildman–Crippen MR) is 67.8 cm³/mol. The van der Waals surface area contributed by atoms with Crippen LogP contribution in [0.2, 0.25) is 0 Å². The Morgan fingerprint density at radius 3 is 2.71 bits per heavy atom. The van der Waals surface area contributed by atoms with E-state index in [2.05, 4.69) is 25.6 Å². The molecule has 1 aromatic rings. The highest BCUT2D eigenvalue weighted by atomic mass is 79.9. The van der Waals surface area contributed by atoms with Crippen molar-refractivity contribution in [1.82, 2.24) is 9.71 Å². The molecule has 0 spiro atoms. The highest BCUT2D eigenvalue weighted by Crippen LogP contribution is 2.20. The van der Waals surface area contributed by atoms with Gasteiger partial charge in [0.1, 0.15) is 10.7 Å². The second kappa shape index (κ2) is 4.89. The van der Waals surface area contributed by atoms with Crippen molar-refractivity contribution in [2.45, 2.75) is 24.3 Å². The summed E-state index contributed by atoms with van der Waals surface area (Å²) in [6, 6.07) is 1.36. The van der Waals surface area contributed by atoms with Crippen LogP contribution in [0.5, 0.6) is 0 Å². The van der Waals surface area contributed by atoms with E-state index >= 15 is 0 Å². The summed E-state index contributed by atoms with van der Waals surface area (Å²) in [6.45, 7) is 2.89. The van der Waals surface area contributed by atoms with Gasteiger partial charge in [0.25, 0.3) is 0 Å². The topological polar surface area (TPSA) is 105 Å². The van der Waals surface area contributed by atoms with Gasteiger partial charge in [-0.25, -0.2) is 18.1 Å². The van der Waals surface area contributed by atoms with Crippen LogP contribution in [0.4, 0.5) is 5.82 Å². The third kappa shape index (κ3) is 4.23. The molecule has 0 aliphatic rings. The second-order valence-electron chi connectivity index (χ2n) is 4.17. The van der Waals surface area contributed by atoms with Crippen LogP contribution in [-0.4, -0.2) is 30.7 Å². The molecule has 0 saturated carbocycles. The quantitative estimate of drug-likeness (QED) is 0.747. The van der Waals surface area contributed by atoms with Crippen LogP contribution in [-0.2, 0) is 10.0 Å². The molecule has 1 rings (SSSR count). The van der Waals surface area contributed by atoms with Crippen LogP contribution < -0.4 is 10.5 Å². The number of aliphatic hydroxyl groups is 1. The Labute approximate surface area is 108 Å². The number of halogens is 1. The van der Waals surface area contributed by atoms with E-state index in [1.165, 1.54) is 26.1 Å². The second-order valence-corrected chi connectivity index (χ2v) is 6.82. The zero-order valence-corrected chi connectivity index (χ0v) is 11.8. The first-order valence-electron chi connectivity index (χ1n) is 4.75. The van der Waals surface area contributed by atoms with E-state index in [1.807, 2.05) is 0 Å². The molecule has 8 heteroatoms. The molecule has 0 aliphatic heterocycles. The number of rotatable bonds is 4. The van der Waals surface area contributed by atoms with Gasteiger partial charge in [0, 0.05) is 17.2 Å². The van der Waals surface area contributed by atoms with Crippen LogP contribution in [0, 0.1) is 0 Å². The first kappa shape index (κ1) is 14.4. The molecule has 96 valence electrons. The molecule has 1 aromatic heterocycles. The van der Waals surface area contributed by atoms with Crippen molar-refractivity contribution in [2.24, 2.45) is 0 Å². The fraction of sp³-hybridized carbons (Fsp3) is 0.444. The molecular weight excluding hydrogens is 310 g/mol. The van der Waals surface area contributed by atoms with Crippen LogP contribution in [0.25, 0.3) is 0 Å². The molecule has 0 aromatic carbocycles. The Kier molecular flexibility index (Phi) is 4.13. The summed E-state index contributed by atoms with van der Waals surface area (Å²) in [6.07, 6.45) is 1.41. The third-order valence-corrected chi connectivity index (χ3v) is 3.70. The third-order valence-electron chi connectivity index (χ3n) is 1.83. The van der Waals surface area contributed by atoms with Crippen molar-refractivity contribution in [3.8, 4) is 0 Å². The average Bonchev–Trinajstić information content (AvgIpc) is 2.18. The molecule has 17 heavy (non-hydrogen) atoms. The van der Waals surface area contributed by atoms with Gasteiger partial charge in [0.15, 0.2) is 0 Å². The minimum Gasteiger partial charge on any atom is -0.389 e. The van der Waals surface area contributed by atoms with E-state index in [0.717, 1.165) is 0 Å². The van der Waals surface area contributed by atoms with Gasteiger partial charge in [-0.1, -0.05) is 0 Å². The van der Waals surface area contributed by atoms with Crippen molar-refractivity contribution < 1.29 is 13.5 Å².